The molecule has 0 spiro atoms. The number of pyridine rings is 2. The smallest absolute Gasteiger partial charge is 0.255 e. The molecule has 3 heterocycles. The Kier molecular flexibility index (Phi) is 3.78. The van der Waals surface area contributed by atoms with Gasteiger partial charge in [-0.05, 0) is 46.5 Å². The molecule has 1 amide bonds. The Hall–Kier alpha value is -1.75. The van der Waals surface area contributed by atoms with Crippen molar-refractivity contribution in [3.05, 3.63) is 58.6 Å². The fourth-order valence-electron chi connectivity index (χ4n) is 2.62. The summed E-state index contributed by atoms with van der Waals surface area (Å²) in [4.78, 5) is 22.8. The number of amides is 1. The number of rotatable bonds is 2. The van der Waals surface area contributed by atoms with E-state index in [1.807, 2.05) is 29.3 Å². The number of nitrogens with zero attached hydrogens (tertiary/aromatic N) is 3. The van der Waals surface area contributed by atoms with Gasteiger partial charge in [-0.3, -0.25) is 14.8 Å². The lowest BCUT2D eigenvalue weighted by Crippen LogP contribution is -2.30. The van der Waals surface area contributed by atoms with E-state index in [0.717, 1.165) is 29.4 Å². The van der Waals surface area contributed by atoms with Gasteiger partial charge in [-0.1, -0.05) is 6.07 Å². The van der Waals surface area contributed by atoms with Crippen LogP contribution in [0.5, 0.6) is 0 Å². The van der Waals surface area contributed by atoms with E-state index in [0.29, 0.717) is 5.56 Å². The van der Waals surface area contributed by atoms with Crippen molar-refractivity contribution in [2.75, 3.05) is 6.54 Å². The maximum atomic E-state index is 12.6. The Balaban J connectivity index is 1.87. The van der Waals surface area contributed by atoms with Crippen LogP contribution in [0.25, 0.3) is 0 Å². The van der Waals surface area contributed by atoms with Crippen LogP contribution < -0.4 is 0 Å². The molecule has 4 nitrogen and oxygen atoms in total. The van der Waals surface area contributed by atoms with Gasteiger partial charge >= 0.3 is 0 Å². The minimum absolute atomic E-state index is 0.0325. The van der Waals surface area contributed by atoms with Gasteiger partial charge in [-0.2, -0.15) is 0 Å². The maximum absolute atomic E-state index is 12.6. The van der Waals surface area contributed by atoms with E-state index in [-0.39, 0.29) is 11.9 Å². The number of carbonyl (C=O) groups is 1. The second-order valence-electron chi connectivity index (χ2n) is 4.83. The molecule has 1 atom stereocenters. The van der Waals surface area contributed by atoms with Crippen LogP contribution in [0.4, 0.5) is 0 Å². The quantitative estimate of drug-likeness (QED) is 0.848. The SMILES string of the molecule is O=C(c1cncc(Br)c1)N1CCCC1c1cccnc1. The van der Waals surface area contributed by atoms with E-state index in [2.05, 4.69) is 25.9 Å². The van der Waals surface area contributed by atoms with Gasteiger partial charge in [-0.15, -0.1) is 0 Å². The first-order valence-electron chi connectivity index (χ1n) is 6.57. The molecule has 0 bridgehead atoms. The van der Waals surface area contributed by atoms with Gasteiger partial charge in [0.15, 0.2) is 0 Å². The molecule has 5 heteroatoms. The summed E-state index contributed by atoms with van der Waals surface area (Å²) < 4.78 is 0.820. The van der Waals surface area contributed by atoms with Gasteiger partial charge in [0, 0.05) is 35.8 Å². The van der Waals surface area contributed by atoms with Crippen molar-refractivity contribution in [1.82, 2.24) is 14.9 Å². The second-order valence-corrected chi connectivity index (χ2v) is 5.75. The zero-order valence-corrected chi connectivity index (χ0v) is 12.5. The first kappa shape index (κ1) is 13.2. The van der Waals surface area contributed by atoms with E-state index < -0.39 is 0 Å². The molecule has 2 aromatic rings. The number of likely N-dealkylation sites (tertiary alicyclic amines) is 1. The molecule has 102 valence electrons. The molecule has 0 aliphatic carbocycles. The summed E-state index contributed by atoms with van der Waals surface area (Å²) in [6.45, 7) is 0.783. The van der Waals surface area contributed by atoms with Crippen molar-refractivity contribution in [3.63, 3.8) is 0 Å². The van der Waals surface area contributed by atoms with E-state index in [4.69, 9.17) is 0 Å². The van der Waals surface area contributed by atoms with E-state index >= 15 is 0 Å². The molecule has 0 aromatic carbocycles. The fourth-order valence-corrected chi connectivity index (χ4v) is 2.99. The van der Waals surface area contributed by atoms with Gasteiger partial charge in [0.25, 0.3) is 5.91 Å². The van der Waals surface area contributed by atoms with Crippen LogP contribution in [0.1, 0.15) is 34.8 Å². The normalized spacial score (nSPS) is 18.2. The van der Waals surface area contributed by atoms with Crippen LogP contribution in [0, 0.1) is 0 Å². The molecule has 1 saturated heterocycles. The first-order valence-corrected chi connectivity index (χ1v) is 7.36. The Morgan fingerprint density at radius 1 is 1.30 bits per heavy atom. The van der Waals surface area contributed by atoms with Crippen LogP contribution in [-0.2, 0) is 0 Å². The lowest BCUT2D eigenvalue weighted by Gasteiger charge is -2.24. The molecule has 2 aromatic heterocycles. The molecule has 0 N–H and O–H groups in total. The maximum Gasteiger partial charge on any atom is 0.255 e. The highest BCUT2D eigenvalue weighted by Crippen LogP contribution is 2.32. The van der Waals surface area contributed by atoms with Crippen LogP contribution in [0.2, 0.25) is 0 Å². The Morgan fingerprint density at radius 2 is 2.20 bits per heavy atom. The van der Waals surface area contributed by atoms with Crippen LogP contribution >= 0.6 is 15.9 Å². The van der Waals surface area contributed by atoms with Crippen LogP contribution in [0.15, 0.2) is 47.5 Å². The summed E-state index contributed by atoms with van der Waals surface area (Å²) in [5, 5.41) is 0. The van der Waals surface area contributed by atoms with Gasteiger partial charge in [0.1, 0.15) is 0 Å². The van der Waals surface area contributed by atoms with Crippen molar-refractivity contribution in [2.45, 2.75) is 18.9 Å². The molecule has 20 heavy (non-hydrogen) atoms. The Labute approximate surface area is 126 Å². The third-order valence-electron chi connectivity index (χ3n) is 3.53. The number of halogens is 1. The van der Waals surface area contributed by atoms with Gasteiger partial charge < -0.3 is 4.90 Å². The zero-order chi connectivity index (χ0) is 13.9. The highest BCUT2D eigenvalue weighted by Gasteiger charge is 2.30. The molecule has 1 aliphatic heterocycles. The summed E-state index contributed by atoms with van der Waals surface area (Å²) in [6, 6.07) is 5.88. The van der Waals surface area contributed by atoms with Crippen molar-refractivity contribution in [2.24, 2.45) is 0 Å². The molecule has 0 saturated carbocycles. The average molecular weight is 332 g/mol. The number of hydrogen-bond donors (Lipinski definition) is 0. The molecule has 1 fully saturated rings. The van der Waals surface area contributed by atoms with Crippen molar-refractivity contribution < 1.29 is 4.79 Å². The molecule has 1 unspecified atom stereocenters. The predicted octanol–water partition coefficient (Wildman–Crippen LogP) is 3.22. The van der Waals surface area contributed by atoms with E-state index in [1.54, 1.807) is 18.6 Å². The highest BCUT2D eigenvalue weighted by atomic mass is 79.9. The number of aromatic nitrogens is 2. The molecular weight excluding hydrogens is 318 g/mol. The van der Waals surface area contributed by atoms with Crippen molar-refractivity contribution in [3.8, 4) is 0 Å². The molecule has 3 rings (SSSR count). The third-order valence-corrected chi connectivity index (χ3v) is 3.97. The largest absolute Gasteiger partial charge is 0.331 e. The first-order chi connectivity index (χ1) is 9.75. The standard InChI is InChI=1S/C15H14BrN3O/c16-13-7-12(9-18-10-13)15(20)19-6-2-4-14(19)11-3-1-5-17-8-11/h1,3,5,7-10,14H,2,4,6H2. The number of hydrogen-bond acceptors (Lipinski definition) is 3. The zero-order valence-electron chi connectivity index (χ0n) is 10.9. The minimum Gasteiger partial charge on any atom is -0.331 e. The summed E-state index contributed by atoms with van der Waals surface area (Å²) in [6.07, 6.45) is 8.90. The third kappa shape index (κ3) is 2.58. The molecule has 1 aliphatic rings. The summed E-state index contributed by atoms with van der Waals surface area (Å²) in [5.74, 6) is 0.0325. The van der Waals surface area contributed by atoms with Gasteiger partial charge in [0.2, 0.25) is 0 Å². The summed E-state index contributed by atoms with van der Waals surface area (Å²) in [5.41, 5.74) is 1.72. The Morgan fingerprint density at radius 3 is 2.95 bits per heavy atom. The summed E-state index contributed by atoms with van der Waals surface area (Å²) >= 11 is 3.36. The van der Waals surface area contributed by atoms with E-state index in [1.165, 1.54) is 0 Å². The predicted molar refractivity (Wildman–Crippen MR) is 79.2 cm³/mol. The van der Waals surface area contributed by atoms with E-state index in [9.17, 15) is 4.79 Å². The van der Waals surface area contributed by atoms with Crippen molar-refractivity contribution >= 4 is 21.8 Å². The lowest BCUT2D eigenvalue weighted by atomic mass is 10.1. The molecule has 0 radical (unpaired) electrons. The van der Waals surface area contributed by atoms with Gasteiger partial charge in [-0.25, -0.2) is 0 Å². The van der Waals surface area contributed by atoms with Crippen LogP contribution in [0.3, 0.4) is 0 Å². The van der Waals surface area contributed by atoms with Crippen molar-refractivity contribution in [1.29, 1.82) is 0 Å². The topological polar surface area (TPSA) is 46.1 Å². The highest BCUT2D eigenvalue weighted by molar-refractivity contribution is 9.10. The summed E-state index contributed by atoms with van der Waals surface area (Å²) in [7, 11) is 0. The second kappa shape index (κ2) is 5.71. The Bertz CT molecular complexity index is 618. The monoisotopic (exact) mass is 331 g/mol. The van der Waals surface area contributed by atoms with Crippen LogP contribution in [-0.4, -0.2) is 27.3 Å². The number of carbonyl (C=O) groups excluding carboxylic acids is 1. The average Bonchev–Trinajstić information content (AvgIpc) is 2.97. The molecular formula is C15H14BrN3O. The lowest BCUT2D eigenvalue weighted by molar-refractivity contribution is 0.0735. The fraction of sp³-hybridized carbons (Fsp3) is 0.267. The van der Waals surface area contributed by atoms with Gasteiger partial charge in [0.05, 0.1) is 11.6 Å². The minimum atomic E-state index is 0.0325.